The molecule has 0 spiro atoms. The van der Waals surface area contributed by atoms with E-state index in [1.54, 1.807) is 0 Å². The molecule has 0 fully saturated rings. The minimum atomic E-state index is -5.70. The molecule has 27 heavy (non-hydrogen) atoms. The van der Waals surface area contributed by atoms with Crippen molar-refractivity contribution >= 4 is 17.6 Å². The zero-order valence-electron chi connectivity index (χ0n) is 13.2. The maximum Gasteiger partial charge on any atom is 0.422 e. The summed E-state index contributed by atoms with van der Waals surface area (Å²) in [6, 6.07) is 4.53. The molecule has 0 bridgehead atoms. The monoisotopic (exact) mass is 395 g/mol. The van der Waals surface area contributed by atoms with E-state index < -0.39 is 52.6 Å². The van der Waals surface area contributed by atoms with Crippen LogP contribution in [0.15, 0.2) is 24.3 Å². The Morgan fingerprint density at radius 1 is 0.963 bits per heavy atom. The Hall–Kier alpha value is -3.11. The van der Waals surface area contributed by atoms with E-state index >= 15 is 0 Å². The Morgan fingerprint density at radius 3 is 2.00 bits per heavy atom. The second-order valence-corrected chi connectivity index (χ2v) is 5.08. The third-order valence-electron chi connectivity index (χ3n) is 3.14. The second kappa shape index (κ2) is 7.25. The van der Waals surface area contributed by atoms with Crippen molar-refractivity contribution in [3.05, 3.63) is 58.7 Å². The number of anilines is 1. The van der Waals surface area contributed by atoms with Gasteiger partial charge in [0.15, 0.2) is 23.3 Å². The quantitative estimate of drug-likeness (QED) is 0.362. The second-order valence-electron chi connectivity index (χ2n) is 5.08. The molecule has 1 N–H and O–H groups in total. The highest BCUT2D eigenvalue weighted by Crippen LogP contribution is 2.38. The lowest BCUT2D eigenvalue weighted by Crippen LogP contribution is -2.20. The van der Waals surface area contributed by atoms with Gasteiger partial charge >= 0.3 is 12.1 Å². The van der Waals surface area contributed by atoms with E-state index in [0.717, 1.165) is 19.1 Å². The summed E-state index contributed by atoms with van der Waals surface area (Å²) >= 11 is 0. The molecule has 0 saturated carbocycles. The SMILES string of the molecule is CC(=O)Oc1cccc(C(=O)Nc2c(F)c(F)c(C(F)(F)F)c(F)c2F)c1. The average Bonchev–Trinajstić information content (AvgIpc) is 2.55. The summed E-state index contributed by atoms with van der Waals surface area (Å²) in [4.78, 5) is 22.9. The van der Waals surface area contributed by atoms with E-state index in [1.807, 2.05) is 0 Å². The van der Waals surface area contributed by atoms with Gasteiger partial charge in [-0.15, -0.1) is 0 Å². The van der Waals surface area contributed by atoms with Crippen LogP contribution < -0.4 is 10.1 Å². The molecule has 0 saturated heterocycles. The normalized spacial score (nSPS) is 11.3. The lowest BCUT2D eigenvalue weighted by atomic mass is 10.1. The lowest BCUT2D eigenvalue weighted by molar-refractivity contribution is -0.143. The molecule has 0 heterocycles. The summed E-state index contributed by atoms with van der Waals surface area (Å²) in [6.07, 6.45) is -5.70. The smallest absolute Gasteiger partial charge is 0.422 e. The molecule has 144 valence electrons. The van der Waals surface area contributed by atoms with Gasteiger partial charge in [0.05, 0.1) is 0 Å². The van der Waals surface area contributed by atoms with Gasteiger partial charge in [-0.05, 0) is 18.2 Å². The van der Waals surface area contributed by atoms with Gasteiger partial charge in [-0.2, -0.15) is 13.2 Å². The van der Waals surface area contributed by atoms with Gasteiger partial charge in [0.25, 0.3) is 5.91 Å². The zero-order chi connectivity index (χ0) is 20.5. The largest absolute Gasteiger partial charge is 0.427 e. The Bertz CT molecular complexity index is 896. The van der Waals surface area contributed by atoms with Crippen LogP contribution in [0.3, 0.4) is 0 Å². The molecule has 2 rings (SSSR count). The van der Waals surface area contributed by atoms with Gasteiger partial charge < -0.3 is 10.1 Å². The third kappa shape index (κ3) is 4.18. The van der Waals surface area contributed by atoms with Crippen molar-refractivity contribution in [2.75, 3.05) is 5.32 Å². The van der Waals surface area contributed by atoms with Crippen LogP contribution in [0.4, 0.5) is 36.4 Å². The molecule has 0 unspecified atom stereocenters. The van der Waals surface area contributed by atoms with Gasteiger partial charge in [-0.3, -0.25) is 9.59 Å². The number of ether oxygens (including phenoxy) is 1. The van der Waals surface area contributed by atoms with Crippen LogP contribution in [-0.4, -0.2) is 11.9 Å². The van der Waals surface area contributed by atoms with Crippen molar-refractivity contribution in [3.8, 4) is 5.75 Å². The number of carbonyl (C=O) groups is 2. The van der Waals surface area contributed by atoms with Gasteiger partial charge in [0, 0.05) is 12.5 Å². The predicted molar refractivity (Wildman–Crippen MR) is 77.0 cm³/mol. The number of halogens is 7. The van der Waals surface area contributed by atoms with Crippen molar-refractivity contribution in [2.45, 2.75) is 13.1 Å². The minimum Gasteiger partial charge on any atom is -0.427 e. The molecule has 0 radical (unpaired) electrons. The molecule has 2 aromatic carbocycles. The fourth-order valence-corrected chi connectivity index (χ4v) is 2.04. The summed E-state index contributed by atoms with van der Waals surface area (Å²) in [6.45, 7) is 1.06. The highest BCUT2D eigenvalue weighted by molar-refractivity contribution is 6.04. The Balaban J connectivity index is 2.44. The summed E-state index contributed by atoms with van der Waals surface area (Å²) in [5.74, 6) is -12.4. The number of amides is 1. The number of hydrogen-bond donors (Lipinski definition) is 1. The van der Waals surface area contributed by atoms with E-state index in [4.69, 9.17) is 0 Å². The standard InChI is InChI=1S/C16H8F7NO3/c1-6(25)27-8-4-2-3-7(5-8)15(26)24-14-12(19)10(17)9(16(21,22)23)11(18)13(14)20/h2-5H,1H3,(H,24,26). The molecule has 1 amide bonds. The first-order valence-corrected chi connectivity index (χ1v) is 6.96. The van der Waals surface area contributed by atoms with E-state index in [1.165, 1.54) is 17.4 Å². The average molecular weight is 395 g/mol. The molecular weight excluding hydrogens is 387 g/mol. The van der Waals surface area contributed by atoms with Gasteiger partial charge in [-0.1, -0.05) is 6.07 Å². The van der Waals surface area contributed by atoms with E-state index in [9.17, 15) is 40.3 Å². The topological polar surface area (TPSA) is 55.4 Å². The van der Waals surface area contributed by atoms with E-state index in [2.05, 4.69) is 4.74 Å². The number of nitrogens with one attached hydrogen (secondary N) is 1. The molecule has 11 heteroatoms. The highest BCUT2D eigenvalue weighted by atomic mass is 19.4. The van der Waals surface area contributed by atoms with E-state index in [0.29, 0.717) is 0 Å². The fraction of sp³-hybridized carbons (Fsp3) is 0.125. The van der Waals surface area contributed by atoms with Gasteiger partial charge in [-0.25, -0.2) is 17.6 Å². The highest BCUT2D eigenvalue weighted by Gasteiger charge is 2.42. The number of rotatable bonds is 3. The summed E-state index contributed by atoms with van der Waals surface area (Å²) in [7, 11) is 0. The number of alkyl halides is 3. The number of esters is 1. The van der Waals surface area contributed by atoms with Crippen molar-refractivity contribution in [2.24, 2.45) is 0 Å². The molecule has 0 aromatic heterocycles. The first-order chi connectivity index (χ1) is 12.4. The summed E-state index contributed by atoms with van der Waals surface area (Å²) < 4.78 is 97.0. The third-order valence-corrected chi connectivity index (χ3v) is 3.14. The first kappa shape index (κ1) is 20.2. The fourth-order valence-electron chi connectivity index (χ4n) is 2.04. The minimum absolute atomic E-state index is 0.124. The van der Waals surface area contributed by atoms with Crippen molar-refractivity contribution in [1.29, 1.82) is 0 Å². The van der Waals surface area contributed by atoms with Crippen molar-refractivity contribution in [1.82, 2.24) is 0 Å². The molecule has 0 aliphatic rings. The number of benzene rings is 2. The van der Waals surface area contributed by atoms with Gasteiger partial charge in [0.2, 0.25) is 0 Å². The summed E-state index contributed by atoms with van der Waals surface area (Å²) in [5, 5.41) is 1.46. The molecular formula is C16H8F7NO3. The van der Waals surface area contributed by atoms with Crippen LogP contribution in [0.1, 0.15) is 22.8 Å². The predicted octanol–water partition coefficient (Wildman–Crippen LogP) is 4.44. The van der Waals surface area contributed by atoms with Crippen LogP contribution in [0.2, 0.25) is 0 Å². The summed E-state index contributed by atoms with van der Waals surface area (Å²) in [5.41, 5.74) is -4.85. The number of hydrogen-bond acceptors (Lipinski definition) is 3. The van der Waals surface area contributed by atoms with E-state index in [-0.39, 0.29) is 11.3 Å². The molecule has 0 aliphatic heterocycles. The maximum absolute atomic E-state index is 13.8. The molecule has 4 nitrogen and oxygen atoms in total. The Labute approximate surface area is 146 Å². The van der Waals surface area contributed by atoms with Crippen molar-refractivity contribution < 1.29 is 45.1 Å². The van der Waals surface area contributed by atoms with Crippen LogP contribution in [0, 0.1) is 23.3 Å². The van der Waals surface area contributed by atoms with Crippen LogP contribution >= 0.6 is 0 Å². The molecule has 2 aromatic rings. The Morgan fingerprint density at radius 2 is 1.52 bits per heavy atom. The van der Waals surface area contributed by atoms with Crippen LogP contribution in [-0.2, 0) is 11.0 Å². The van der Waals surface area contributed by atoms with Gasteiger partial charge in [0.1, 0.15) is 17.0 Å². The van der Waals surface area contributed by atoms with Crippen LogP contribution in [0.5, 0.6) is 5.75 Å². The molecule has 0 aliphatic carbocycles. The maximum atomic E-state index is 13.8. The Kier molecular flexibility index (Phi) is 5.43. The van der Waals surface area contributed by atoms with Crippen LogP contribution in [0.25, 0.3) is 0 Å². The zero-order valence-corrected chi connectivity index (χ0v) is 13.2. The number of carbonyl (C=O) groups excluding carboxylic acids is 2. The first-order valence-electron chi connectivity index (χ1n) is 6.96. The lowest BCUT2D eigenvalue weighted by Gasteiger charge is -2.14. The van der Waals surface area contributed by atoms with Crippen molar-refractivity contribution in [3.63, 3.8) is 0 Å². The molecule has 0 atom stereocenters.